The summed E-state index contributed by atoms with van der Waals surface area (Å²) in [6.07, 6.45) is 0.387. The smallest absolute Gasteiger partial charge is 0.255 e. The number of aliphatic hydroxyl groups is 1. The number of nitrogens with one attached hydrogen (secondary N) is 1. The monoisotopic (exact) mass is 322 g/mol. The molecule has 0 radical (unpaired) electrons. The summed E-state index contributed by atoms with van der Waals surface area (Å²) < 4.78 is 19.0. The van der Waals surface area contributed by atoms with Gasteiger partial charge in [-0.2, -0.15) is 0 Å². The van der Waals surface area contributed by atoms with Gasteiger partial charge < -0.3 is 14.7 Å². The number of hydrogen-bond donors (Lipinski definition) is 2. The second-order valence-electron chi connectivity index (χ2n) is 5.40. The zero-order chi connectivity index (χ0) is 16.6. The van der Waals surface area contributed by atoms with E-state index in [4.69, 9.17) is 9.84 Å². The van der Waals surface area contributed by atoms with Crippen LogP contribution in [0.25, 0.3) is 0 Å². The number of amides is 3. The number of rotatable bonds is 4. The van der Waals surface area contributed by atoms with Crippen LogP contribution in [0.15, 0.2) is 12.1 Å². The van der Waals surface area contributed by atoms with Crippen LogP contribution in [0.5, 0.6) is 5.75 Å². The molecule has 1 fully saturated rings. The Kier molecular flexibility index (Phi) is 3.99. The van der Waals surface area contributed by atoms with E-state index < -0.39 is 23.7 Å². The summed E-state index contributed by atoms with van der Waals surface area (Å²) in [4.78, 5) is 37.0. The molecule has 1 aromatic carbocycles. The second-order valence-corrected chi connectivity index (χ2v) is 5.40. The number of halogens is 1. The van der Waals surface area contributed by atoms with E-state index in [2.05, 4.69) is 5.32 Å². The number of hydrogen-bond acceptors (Lipinski definition) is 5. The summed E-state index contributed by atoms with van der Waals surface area (Å²) in [6, 6.07) is 1.49. The van der Waals surface area contributed by atoms with Crippen molar-refractivity contribution in [2.24, 2.45) is 0 Å². The van der Waals surface area contributed by atoms with Gasteiger partial charge in [0, 0.05) is 18.1 Å². The van der Waals surface area contributed by atoms with Crippen molar-refractivity contribution in [2.75, 3.05) is 13.2 Å². The maximum absolute atomic E-state index is 13.7. The molecule has 0 aliphatic carbocycles. The molecule has 3 rings (SSSR count). The Bertz CT molecular complexity index is 691. The van der Waals surface area contributed by atoms with Crippen LogP contribution in [-0.2, 0) is 16.1 Å². The molecule has 1 atom stereocenters. The molecule has 1 saturated heterocycles. The van der Waals surface area contributed by atoms with Crippen molar-refractivity contribution in [2.45, 2.75) is 25.4 Å². The molecule has 1 unspecified atom stereocenters. The Labute approximate surface area is 131 Å². The van der Waals surface area contributed by atoms with Crippen molar-refractivity contribution in [3.05, 3.63) is 29.1 Å². The number of imide groups is 1. The van der Waals surface area contributed by atoms with Gasteiger partial charge in [-0.25, -0.2) is 4.39 Å². The molecule has 7 nitrogen and oxygen atoms in total. The quantitative estimate of drug-likeness (QED) is 0.758. The molecular weight excluding hydrogens is 307 g/mol. The molecule has 2 aliphatic rings. The van der Waals surface area contributed by atoms with Crippen molar-refractivity contribution in [3.63, 3.8) is 0 Å². The van der Waals surface area contributed by atoms with Crippen molar-refractivity contribution >= 4 is 17.7 Å². The molecule has 8 heteroatoms. The molecule has 3 amide bonds. The lowest BCUT2D eigenvalue weighted by molar-refractivity contribution is -0.136. The Morgan fingerprint density at radius 2 is 2.13 bits per heavy atom. The molecule has 1 aromatic rings. The van der Waals surface area contributed by atoms with Gasteiger partial charge in [0.1, 0.15) is 24.2 Å². The lowest BCUT2D eigenvalue weighted by atomic mass is 10.0. The van der Waals surface area contributed by atoms with Crippen LogP contribution in [0.4, 0.5) is 4.39 Å². The molecule has 0 aromatic heterocycles. The summed E-state index contributed by atoms with van der Waals surface area (Å²) in [6.45, 7) is -0.167. The highest BCUT2D eigenvalue weighted by Gasteiger charge is 2.40. The highest BCUT2D eigenvalue weighted by molar-refractivity contribution is 6.05. The molecule has 0 bridgehead atoms. The maximum atomic E-state index is 13.7. The molecule has 2 N–H and O–H groups in total. The largest absolute Gasteiger partial charge is 0.491 e. The first-order chi connectivity index (χ1) is 11.0. The van der Waals surface area contributed by atoms with Crippen LogP contribution < -0.4 is 10.1 Å². The first-order valence-corrected chi connectivity index (χ1v) is 7.22. The molecular formula is C15H15FN2O5. The fourth-order valence-corrected chi connectivity index (χ4v) is 2.88. The third kappa shape index (κ3) is 2.77. The second kappa shape index (κ2) is 5.96. The number of benzene rings is 1. The van der Waals surface area contributed by atoms with Gasteiger partial charge in [0.15, 0.2) is 0 Å². The minimum Gasteiger partial charge on any atom is -0.491 e. The highest BCUT2D eigenvalue weighted by Crippen LogP contribution is 2.34. The third-order valence-electron chi connectivity index (χ3n) is 3.93. The number of carbonyl (C=O) groups is 3. The van der Waals surface area contributed by atoms with Gasteiger partial charge in [-0.05, 0) is 12.5 Å². The molecule has 2 aliphatic heterocycles. The van der Waals surface area contributed by atoms with Gasteiger partial charge in [-0.3, -0.25) is 19.7 Å². The number of piperidine rings is 1. The molecule has 122 valence electrons. The van der Waals surface area contributed by atoms with Crippen molar-refractivity contribution in [1.82, 2.24) is 10.2 Å². The maximum Gasteiger partial charge on any atom is 0.255 e. The highest BCUT2D eigenvalue weighted by atomic mass is 19.1. The van der Waals surface area contributed by atoms with Crippen molar-refractivity contribution in [3.8, 4) is 5.75 Å². The van der Waals surface area contributed by atoms with Gasteiger partial charge in [0.05, 0.1) is 18.7 Å². The van der Waals surface area contributed by atoms with E-state index in [9.17, 15) is 18.8 Å². The number of ether oxygens (including phenoxy) is 1. The van der Waals surface area contributed by atoms with Gasteiger partial charge in [-0.15, -0.1) is 0 Å². The van der Waals surface area contributed by atoms with Crippen LogP contribution in [-0.4, -0.2) is 47.0 Å². The lowest BCUT2D eigenvalue weighted by Crippen LogP contribution is -2.52. The SMILES string of the molecule is O=C1CCC(N2Cc3c(OCCO)cc(F)cc3C2=O)C(=O)N1. The number of carbonyl (C=O) groups excluding carboxylic acids is 3. The zero-order valence-corrected chi connectivity index (χ0v) is 12.2. The minimum atomic E-state index is -0.763. The number of aliphatic hydroxyl groups excluding tert-OH is 1. The van der Waals surface area contributed by atoms with E-state index >= 15 is 0 Å². The van der Waals surface area contributed by atoms with E-state index in [0.29, 0.717) is 5.56 Å². The fourth-order valence-electron chi connectivity index (χ4n) is 2.88. The predicted octanol–water partition coefficient (Wildman–Crippen LogP) is -0.0422. The minimum absolute atomic E-state index is 0.0253. The summed E-state index contributed by atoms with van der Waals surface area (Å²) in [5, 5.41) is 11.0. The van der Waals surface area contributed by atoms with E-state index in [-0.39, 0.29) is 49.8 Å². The van der Waals surface area contributed by atoms with Gasteiger partial charge in [0.2, 0.25) is 11.8 Å². The molecule has 0 saturated carbocycles. The Morgan fingerprint density at radius 1 is 1.35 bits per heavy atom. The number of nitrogens with zero attached hydrogens (tertiary/aromatic N) is 1. The van der Waals surface area contributed by atoms with E-state index in [0.717, 1.165) is 12.1 Å². The van der Waals surface area contributed by atoms with Crippen LogP contribution in [0, 0.1) is 5.82 Å². The van der Waals surface area contributed by atoms with E-state index in [1.807, 2.05) is 0 Å². The first kappa shape index (κ1) is 15.4. The van der Waals surface area contributed by atoms with E-state index in [1.54, 1.807) is 0 Å². The standard InChI is InChI=1S/C15H15FN2O5/c16-8-5-9-10(12(6-8)23-4-3-19)7-18(15(9)22)11-1-2-13(20)17-14(11)21/h5-6,11,19H,1-4,7H2,(H,17,20,21). The zero-order valence-electron chi connectivity index (χ0n) is 12.2. The lowest BCUT2D eigenvalue weighted by Gasteiger charge is -2.29. The van der Waals surface area contributed by atoms with Gasteiger partial charge in [0.25, 0.3) is 5.91 Å². The van der Waals surface area contributed by atoms with Crippen LogP contribution in [0.3, 0.4) is 0 Å². The Hall–Kier alpha value is -2.48. The van der Waals surface area contributed by atoms with Crippen LogP contribution in [0.2, 0.25) is 0 Å². The first-order valence-electron chi connectivity index (χ1n) is 7.22. The average molecular weight is 322 g/mol. The van der Waals surface area contributed by atoms with Gasteiger partial charge in [-0.1, -0.05) is 0 Å². The van der Waals surface area contributed by atoms with Crippen LogP contribution >= 0.6 is 0 Å². The molecule has 23 heavy (non-hydrogen) atoms. The summed E-state index contributed by atoms with van der Waals surface area (Å²) in [5.41, 5.74) is 0.622. The van der Waals surface area contributed by atoms with Crippen molar-refractivity contribution in [1.29, 1.82) is 0 Å². The summed E-state index contributed by atoms with van der Waals surface area (Å²) in [5.74, 6) is -1.82. The average Bonchev–Trinajstić information content (AvgIpc) is 2.82. The van der Waals surface area contributed by atoms with Gasteiger partial charge >= 0.3 is 0 Å². The normalized spacial score (nSPS) is 20.5. The topological polar surface area (TPSA) is 95.9 Å². The predicted molar refractivity (Wildman–Crippen MR) is 75.0 cm³/mol. The molecule has 0 spiro atoms. The fraction of sp³-hybridized carbons (Fsp3) is 0.400. The summed E-state index contributed by atoms with van der Waals surface area (Å²) in [7, 11) is 0. The van der Waals surface area contributed by atoms with Crippen LogP contribution in [0.1, 0.15) is 28.8 Å². The number of fused-ring (bicyclic) bond motifs is 1. The Morgan fingerprint density at radius 3 is 2.83 bits per heavy atom. The van der Waals surface area contributed by atoms with Crippen molar-refractivity contribution < 1.29 is 28.6 Å². The van der Waals surface area contributed by atoms with E-state index in [1.165, 1.54) is 4.90 Å². The Balaban J connectivity index is 1.89. The third-order valence-corrected chi connectivity index (χ3v) is 3.93. The summed E-state index contributed by atoms with van der Waals surface area (Å²) >= 11 is 0. The molecule has 2 heterocycles.